The van der Waals surface area contributed by atoms with Gasteiger partial charge in [-0.15, -0.1) is 0 Å². The van der Waals surface area contributed by atoms with Crippen LogP contribution in [0.2, 0.25) is 0 Å². The number of hydrogen-bond donors (Lipinski definition) is 1. The highest BCUT2D eigenvalue weighted by Crippen LogP contribution is 2.30. The van der Waals surface area contributed by atoms with Crippen molar-refractivity contribution in [3.63, 3.8) is 0 Å². The number of halogens is 1. The average molecular weight is 237 g/mol. The molecule has 0 aromatic heterocycles. The number of carbonyl (C=O) groups is 2. The number of primary amides is 1. The Morgan fingerprint density at radius 2 is 2.12 bits per heavy atom. The smallest absolute Gasteiger partial charge is 0.251 e. The molecule has 0 saturated heterocycles. The monoisotopic (exact) mass is 237 g/mol. The summed E-state index contributed by atoms with van der Waals surface area (Å²) in [5.74, 6) is -1.20. The lowest BCUT2D eigenvalue weighted by Gasteiger charge is -2.06. The number of nitrogens with two attached hydrogens (primary N) is 1. The van der Waals surface area contributed by atoms with Crippen LogP contribution < -0.4 is 10.5 Å². The van der Waals surface area contributed by atoms with Crippen LogP contribution in [0.15, 0.2) is 18.2 Å². The number of benzene rings is 1. The highest BCUT2D eigenvalue weighted by Gasteiger charge is 2.29. The van der Waals surface area contributed by atoms with Crippen molar-refractivity contribution in [1.82, 2.24) is 0 Å². The fourth-order valence-corrected chi connectivity index (χ4v) is 1.46. The van der Waals surface area contributed by atoms with Crippen molar-refractivity contribution in [2.24, 2.45) is 11.7 Å². The molecular formula is C12H12FNO3. The topological polar surface area (TPSA) is 69.4 Å². The van der Waals surface area contributed by atoms with Crippen LogP contribution in [0, 0.1) is 11.7 Å². The van der Waals surface area contributed by atoms with Crippen LogP contribution in [-0.2, 0) is 4.79 Å². The van der Waals surface area contributed by atoms with Gasteiger partial charge in [-0.3, -0.25) is 9.59 Å². The summed E-state index contributed by atoms with van der Waals surface area (Å²) in [4.78, 5) is 22.1. The molecule has 17 heavy (non-hydrogen) atoms. The maximum absolute atomic E-state index is 13.3. The van der Waals surface area contributed by atoms with Crippen LogP contribution in [0.1, 0.15) is 23.2 Å². The van der Waals surface area contributed by atoms with E-state index < -0.39 is 11.7 Å². The van der Waals surface area contributed by atoms with E-state index in [4.69, 9.17) is 10.5 Å². The van der Waals surface area contributed by atoms with Crippen molar-refractivity contribution in [3.8, 4) is 5.75 Å². The second-order valence-electron chi connectivity index (χ2n) is 4.04. The molecule has 1 aliphatic carbocycles. The van der Waals surface area contributed by atoms with Crippen molar-refractivity contribution in [2.75, 3.05) is 6.61 Å². The molecule has 0 heterocycles. The molecule has 0 bridgehead atoms. The fourth-order valence-electron chi connectivity index (χ4n) is 1.46. The van der Waals surface area contributed by atoms with Crippen molar-refractivity contribution < 1.29 is 18.7 Å². The van der Waals surface area contributed by atoms with E-state index in [-0.39, 0.29) is 29.6 Å². The van der Waals surface area contributed by atoms with Crippen LogP contribution in [0.3, 0.4) is 0 Å². The number of amides is 1. The summed E-state index contributed by atoms with van der Waals surface area (Å²) < 4.78 is 18.5. The third kappa shape index (κ3) is 2.81. The summed E-state index contributed by atoms with van der Waals surface area (Å²) in [6.07, 6.45) is 1.83. The minimum absolute atomic E-state index is 0.0318. The van der Waals surface area contributed by atoms with Gasteiger partial charge < -0.3 is 10.5 Å². The highest BCUT2D eigenvalue weighted by atomic mass is 19.1. The molecule has 1 amide bonds. The van der Waals surface area contributed by atoms with Gasteiger partial charge in [0, 0.05) is 12.0 Å². The van der Waals surface area contributed by atoms with E-state index in [9.17, 15) is 14.0 Å². The number of hydrogen-bond acceptors (Lipinski definition) is 3. The maximum Gasteiger partial charge on any atom is 0.251 e. The van der Waals surface area contributed by atoms with Crippen LogP contribution in [0.4, 0.5) is 4.39 Å². The minimum Gasteiger partial charge on any atom is -0.486 e. The molecule has 1 aromatic rings. The zero-order chi connectivity index (χ0) is 12.4. The number of rotatable bonds is 5. The summed E-state index contributed by atoms with van der Waals surface area (Å²) in [6.45, 7) is -0.0555. The quantitative estimate of drug-likeness (QED) is 0.838. The Morgan fingerprint density at radius 3 is 2.65 bits per heavy atom. The molecule has 1 fully saturated rings. The molecular weight excluding hydrogens is 225 g/mol. The van der Waals surface area contributed by atoms with Crippen LogP contribution in [0.25, 0.3) is 0 Å². The highest BCUT2D eigenvalue weighted by molar-refractivity contribution is 5.93. The van der Waals surface area contributed by atoms with Gasteiger partial charge in [-0.05, 0) is 25.0 Å². The lowest BCUT2D eigenvalue weighted by Crippen LogP contribution is -2.15. The van der Waals surface area contributed by atoms with Crippen molar-refractivity contribution in [1.29, 1.82) is 0 Å². The molecule has 0 spiro atoms. The van der Waals surface area contributed by atoms with Gasteiger partial charge in [0.05, 0.1) is 5.56 Å². The molecule has 90 valence electrons. The average Bonchev–Trinajstić information content (AvgIpc) is 3.09. The molecule has 1 saturated carbocycles. The molecule has 0 radical (unpaired) electrons. The van der Waals surface area contributed by atoms with E-state index in [1.54, 1.807) is 0 Å². The molecule has 2 rings (SSSR count). The first-order valence-corrected chi connectivity index (χ1v) is 5.33. The molecule has 0 atom stereocenters. The minimum atomic E-state index is -0.830. The molecule has 1 aliphatic rings. The lowest BCUT2D eigenvalue weighted by molar-refractivity contribution is -0.122. The molecule has 0 aliphatic heterocycles. The van der Waals surface area contributed by atoms with Gasteiger partial charge in [-0.25, -0.2) is 4.39 Å². The van der Waals surface area contributed by atoms with Crippen molar-refractivity contribution >= 4 is 11.7 Å². The largest absolute Gasteiger partial charge is 0.486 e. The van der Waals surface area contributed by atoms with E-state index in [0.717, 1.165) is 18.9 Å². The van der Waals surface area contributed by atoms with E-state index in [1.807, 2.05) is 0 Å². The van der Waals surface area contributed by atoms with Gasteiger partial charge in [0.1, 0.15) is 18.2 Å². The van der Waals surface area contributed by atoms with E-state index in [0.29, 0.717) is 0 Å². The summed E-state index contributed by atoms with van der Waals surface area (Å²) in [5, 5.41) is 0. The van der Waals surface area contributed by atoms with Gasteiger partial charge in [-0.2, -0.15) is 0 Å². The van der Waals surface area contributed by atoms with E-state index >= 15 is 0 Å². The van der Waals surface area contributed by atoms with Crippen LogP contribution in [0.5, 0.6) is 5.75 Å². The van der Waals surface area contributed by atoms with Gasteiger partial charge in [0.25, 0.3) is 5.91 Å². The molecule has 1 aromatic carbocycles. The Labute approximate surface area is 97.6 Å². The third-order valence-corrected chi connectivity index (χ3v) is 2.62. The zero-order valence-electron chi connectivity index (χ0n) is 9.11. The summed E-state index contributed by atoms with van der Waals surface area (Å²) in [6, 6.07) is 3.72. The van der Waals surface area contributed by atoms with Gasteiger partial charge in [0.15, 0.2) is 5.78 Å². The number of ketones is 1. The fraction of sp³-hybridized carbons (Fsp3) is 0.333. The third-order valence-electron chi connectivity index (χ3n) is 2.62. The summed E-state index contributed by atoms with van der Waals surface area (Å²) in [5.41, 5.74) is 4.77. The molecule has 2 N–H and O–H groups in total. The maximum atomic E-state index is 13.3. The Bertz CT molecular complexity index is 469. The first-order chi connectivity index (χ1) is 8.08. The van der Waals surface area contributed by atoms with Gasteiger partial charge in [0.2, 0.25) is 0 Å². The lowest BCUT2D eigenvalue weighted by atomic mass is 10.2. The summed E-state index contributed by atoms with van der Waals surface area (Å²) in [7, 11) is 0. The van der Waals surface area contributed by atoms with E-state index in [2.05, 4.69) is 0 Å². The number of ether oxygens (including phenoxy) is 1. The normalized spacial score (nSPS) is 14.4. The number of Topliss-reactive ketones (excluding diaryl/α,β-unsaturated/α-hetero) is 1. The standard InChI is InChI=1S/C12H12FNO3/c13-10-5-8(3-4-9(10)12(14)16)17-6-11(15)7-1-2-7/h3-5,7H,1-2,6H2,(H2,14,16). The second kappa shape index (κ2) is 4.53. The van der Waals surface area contributed by atoms with E-state index in [1.165, 1.54) is 12.1 Å². The summed E-state index contributed by atoms with van der Waals surface area (Å²) >= 11 is 0. The first kappa shape index (κ1) is 11.6. The Morgan fingerprint density at radius 1 is 1.41 bits per heavy atom. The van der Waals surface area contributed by atoms with Crippen LogP contribution in [-0.4, -0.2) is 18.3 Å². The second-order valence-corrected chi connectivity index (χ2v) is 4.04. The zero-order valence-corrected chi connectivity index (χ0v) is 9.11. The predicted octanol–water partition coefficient (Wildman–Crippen LogP) is 1.28. The van der Waals surface area contributed by atoms with Gasteiger partial charge in [-0.1, -0.05) is 0 Å². The predicted molar refractivity (Wildman–Crippen MR) is 58.1 cm³/mol. The number of carbonyl (C=O) groups excluding carboxylic acids is 2. The Kier molecular flexibility index (Phi) is 3.08. The van der Waals surface area contributed by atoms with Crippen molar-refractivity contribution in [2.45, 2.75) is 12.8 Å². The Balaban J connectivity index is 1.99. The Hall–Kier alpha value is -1.91. The first-order valence-electron chi connectivity index (χ1n) is 5.33. The SMILES string of the molecule is NC(=O)c1ccc(OCC(=O)C2CC2)cc1F. The van der Waals surface area contributed by atoms with Crippen molar-refractivity contribution in [3.05, 3.63) is 29.6 Å². The van der Waals surface area contributed by atoms with Crippen LogP contribution >= 0.6 is 0 Å². The molecule has 4 nitrogen and oxygen atoms in total. The molecule has 5 heteroatoms. The molecule has 0 unspecified atom stereocenters. The van der Waals surface area contributed by atoms with Gasteiger partial charge >= 0.3 is 0 Å².